The van der Waals surface area contributed by atoms with E-state index in [1.807, 2.05) is 37.3 Å². The third-order valence-electron chi connectivity index (χ3n) is 4.18. The van der Waals surface area contributed by atoms with Gasteiger partial charge in [0.05, 0.1) is 10.2 Å². The van der Waals surface area contributed by atoms with Crippen molar-refractivity contribution >= 4 is 33.1 Å². The molecule has 26 heavy (non-hydrogen) atoms. The molecule has 130 valence electrons. The fourth-order valence-corrected chi connectivity index (χ4v) is 3.82. The Kier molecular flexibility index (Phi) is 4.26. The van der Waals surface area contributed by atoms with Crippen LogP contribution in [0.3, 0.4) is 0 Å². The van der Waals surface area contributed by atoms with Crippen LogP contribution < -0.4 is 5.32 Å². The number of anilines is 1. The van der Waals surface area contributed by atoms with Crippen molar-refractivity contribution in [2.75, 3.05) is 5.32 Å². The summed E-state index contributed by atoms with van der Waals surface area (Å²) in [5.41, 5.74) is 5.02. The van der Waals surface area contributed by atoms with Gasteiger partial charge in [0.15, 0.2) is 0 Å². The molecule has 5 nitrogen and oxygen atoms in total. The van der Waals surface area contributed by atoms with Gasteiger partial charge in [0, 0.05) is 23.1 Å². The van der Waals surface area contributed by atoms with Crippen LogP contribution in [-0.4, -0.2) is 20.7 Å². The molecule has 0 fully saturated rings. The van der Waals surface area contributed by atoms with Crippen molar-refractivity contribution in [1.82, 2.24) is 14.8 Å². The largest absolute Gasteiger partial charge is 0.324 e. The molecule has 2 aromatic heterocycles. The van der Waals surface area contributed by atoms with Gasteiger partial charge in [0.2, 0.25) is 5.91 Å². The minimum absolute atomic E-state index is 0.0972. The van der Waals surface area contributed by atoms with E-state index in [9.17, 15) is 4.79 Å². The standard InChI is InChI=1S/C20H18N4OS/c1-13-3-8-17-18(11-13)26-20(23-17)15-4-6-16(7-5-15)22-19(25)12-24-14(2)9-10-21-24/h3-11H,12H2,1-2H3,(H,22,25). The maximum absolute atomic E-state index is 12.2. The summed E-state index contributed by atoms with van der Waals surface area (Å²) in [4.78, 5) is 16.8. The smallest absolute Gasteiger partial charge is 0.246 e. The average Bonchev–Trinajstić information content (AvgIpc) is 3.21. The fourth-order valence-electron chi connectivity index (χ4n) is 2.75. The highest BCUT2D eigenvalue weighted by molar-refractivity contribution is 7.21. The molecule has 6 heteroatoms. The number of nitrogens with zero attached hydrogens (tertiary/aromatic N) is 3. The van der Waals surface area contributed by atoms with Gasteiger partial charge in [-0.25, -0.2) is 4.98 Å². The minimum atomic E-state index is -0.0972. The van der Waals surface area contributed by atoms with Gasteiger partial charge in [-0.3, -0.25) is 9.48 Å². The van der Waals surface area contributed by atoms with Gasteiger partial charge in [-0.15, -0.1) is 11.3 Å². The van der Waals surface area contributed by atoms with E-state index in [-0.39, 0.29) is 12.5 Å². The monoisotopic (exact) mass is 362 g/mol. The number of hydrogen-bond donors (Lipinski definition) is 1. The van der Waals surface area contributed by atoms with Crippen molar-refractivity contribution in [3.05, 3.63) is 66.0 Å². The van der Waals surface area contributed by atoms with Crippen molar-refractivity contribution < 1.29 is 4.79 Å². The SMILES string of the molecule is Cc1ccc2nc(-c3ccc(NC(=O)Cn4nccc4C)cc3)sc2c1. The highest BCUT2D eigenvalue weighted by atomic mass is 32.1. The van der Waals surface area contributed by atoms with Crippen LogP contribution in [0.1, 0.15) is 11.3 Å². The molecule has 4 aromatic rings. The summed E-state index contributed by atoms with van der Waals surface area (Å²) in [5.74, 6) is -0.0972. The third-order valence-corrected chi connectivity index (χ3v) is 5.25. The van der Waals surface area contributed by atoms with Crippen LogP contribution in [-0.2, 0) is 11.3 Å². The summed E-state index contributed by atoms with van der Waals surface area (Å²) >= 11 is 1.68. The molecular weight excluding hydrogens is 344 g/mol. The number of thiazole rings is 1. The van der Waals surface area contributed by atoms with Gasteiger partial charge in [-0.1, -0.05) is 6.07 Å². The molecule has 0 saturated heterocycles. The van der Waals surface area contributed by atoms with Crippen LogP contribution in [0.5, 0.6) is 0 Å². The van der Waals surface area contributed by atoms with Gasteiger partial charge < -0.3 is 5.32 Å². The Labute approximate surface area is 155 Å². The summed E-state index contributed by atoms with van der Waals surface area (Å²) in [5, 5.41) is 8.01. The van der Waals surface area contributed by atoms with Gasteiger partial charge in [0.1, 0.15) is 11.6 Å². The van der Waals surface area contributed by atoms with E-state index in [1.54, 1.807) is 22.2 Å². The number of carbonyl (C=O) groups is 1. The summed E-state index contributed by atoms with van der Waals surface area (Å²) in [6.07, 6.45) is 1.69. The third kappa shape index (κ3) is 3.36. The first-order chi connectivity index (χ1) is 12.6. The molecule has 2 aromatic carbocycles. The maximum atomic E-state index is 12.2. The number of aromatic nitrogens is 3. The predicted octanol–water partition coefficient (Wildman–Crippen LogP) is 4.42. The van der Waals surface area contributed by atoms with E-state index in [0.29, 0.717) is 0 Å². The van der Waals surface area contributed by atoms with E-state index in [2.05, 4.69) is 35.5 Å². The van der Waals surface area contributed by atoms with Gasteiger partial charge in [0.25, 0.3) is 0 Å². The second-order valence-corrected chi connectivity index (χ2v) is 7.28. The molecule has 2 heterocycles. The zero-order chi connectivity index (χ0) is 18.1. The Bertz CT molecular complexity index is 1080. The highest BCUT2D eigenvalue weighted by Gasteiger charge is 2.08. The summed E-state index contributed by atoms with van der Waals surface area (Å²) in [6.45, 7) is 4.22. The molecule has 1 N–H and O–H groups in total. The first-order valence-corrected chi connectivity index (χ1v) is 9.16. The quantitative estimate of drug-likeness (QED) is 0.585. The Hall–Kier alpha value is -2.99. The maximum Gasteiger partial charge on any atom is 0.246 e. The van der Waals surface area contributed by atoms with Crippen LogP contribution in [0, 0.1) is 13.8 Å². The zero-order valence-corrected chi connectivity index (χ0v) is 15.4. The highest BCUT2D eigenvalue weighted by Crippen LogP contribution is 2.31. The first kappa shape index (κ1) is 16.5. The number of amides is 1. The Morgan fingerprint density at radius 3 is 2.65 bits per heavy atom. The predicted molar refractivity (Wildman–Crippen MR) is 105 cm³/mol. The molecule has 0 bridgehead atoms. The number of hydrogen-bond acceptors (Lipinski definition) is 4. The van der Waals surface area contributed by atoms with Gasteiger partial charge >= 0.3 is 0 Å². The molecule has 0 aliphatic heterocycles. The van der Waals surface area contributed by atoms with Crippen LogP contribution in [0.4, 0.5) is 5.69 Å². The van der Waals surface area contributed by atoms with Crippen LogP contribution >= 0.6 is 11.3 Å². The number of rotatable bonds is 4. The van der Waals surface area contributed by atoms with E-state index >= 15 is 0 Å². The lowest BCUT2D eigenvalue weighted by molar-refractivity contribution is -0.116. The second kappa shape index (κ2) is 6.72. The first-order valence-electron chi connectivity index (χ1n) is 8.34. The van der Waals surface area contributed by atoms with Crippen LogP contribution in [0.2, 0.25) is 0 Å². The number of carbonyl (C=O) groups excluding carboxylic acids is 1. The lowest BCUT2D eigenvalue weighted by atomic mass is 10.2. The lowest BCUT2D eigenvalue weighted by Crippen LogP contribution is -2.20. The van der Waals surface area contributed by atoms with Crippen LogP contribution in [0.25, 0.3) is 20.8 Å². The number of aryl methyl sites for hydroxylation is 2. The van der Waals surface area contributed by atoms with Crippen molar-refractivity contribution in [3.63, 3.8) is 0 Å². The normalized spacial score (nSPS) is 11.0. The molecule has 0 aliphatic rings. The second-order valence-electron chi connectivity index (χ2n) is 6.25. The molecule has 0 aliphatic carbocycles. The Morgan fingerprint density at radius 2 is 1.92 bits per heavy atom. The number of benzene rings is 2. The van der Waals surface area contributed by atoms with Crippen molar-refractivity contribution in [3.8, 4) is 10.6 Å². The summed E-state index contributed by atoms with van der Waals surface area (Å²) < 4.78 is 2.86. The summed E-state index contributed by atoms with van der Waals surface area (Å²) in [7, 11) is 0. The number of nitrogens with one attached hydrogen (secondary N) is 1. The van der Waals surface area contributed by atoms with Gasteiger partial charge in [-0.05, 0) is 61.9 Å². The molecule has 0 saturated carbocycles. The van der Waals surface area contributed by atoms with E-state index < -0.39 is 0 Å². The van der Waals surface area contributed by atoms with Crippen molar-refractivity contribution in [1.29, 1.82) is 0 Å². The van der Waals surface area contributed by atoms with E-state index in [1.165, 1.54) is 10.3 Å². The minimum Gasteiger partial charge on any atom is -0.324 e. The van der Waals surface area contributed by atoms with Crippen molar-refractivity contribution in [2.24, 2.45) is 0 Å². The number of fused-ring (bicyclic) bond motifs is 1. The average molecular weight is 362 g/mol. The Balaban J connectivity index is 1.49. The molecule has 1 amide bonds. The van der Waals surface area contributed by atoms with E-state index in [0.717, 1.165) is 27.5 Å². The molecule has 0 atom stereocenters. The molecular formula is C20H18N4OS. The molecule has 0 radical (unpaired) electrons. The van der Waals surface area contributed by atoms with Gasteiger partial charge in [-0.2, -0.15) is 5.10 Å². The molecule has 0 spiro atoms. The van der Waals surface area contributed by atoms with E-state index in [4.69, 9.17) is 4.98 Å². The topological polar surface area (TPSA) is 59.8 Å². The van der Waals surface area contributed by atoms with Crippen LogP contribution in [0.15, 0.2) is 54.7 Å². The summed E-state index contributed by atoms with van der Waals surface area (Å²) in [6, 6.07) is 15.9. The zero-order valence-electron chi connectivity index (χ0n) is 14.6. The molecule has 0 unspecified atom stereocenters. The van der Waals surface area contributed by atoms with Crippen molar-refractivity contribution in [2.45, 2.75) is 20.4 Å². The fraction of sp³-hybridized carbons (Fsp3) is 0.150. The Morgan fingerprint density at radius 1 is 1.12 bits per heavy atom. The molecule has 4 rings (SSSR count). The lowest BCUT2D eigenvalue weighted by Gasteiger charge is -2.07.